The molecule has 1 unspecified atom stereocenters. The van der Waals surface area contributed by atoms with Crippen molar-refractivity contribution in [1.29, 1.82) is 0 Å². The summed E-state index contributed by atoms with van der Waals surface area (Å²) in [6.07, 6.45) is 0.733. The average Bonchev–Trinajstić information content (AvgIpc) is 2.94. The largest absolute Gasteiger partial charge is 0.398 e. The molecule has 1 aromatic rings. The second kappa shape index (κ2) is 9.43. The minimum absolute atomic E-state index is 0.274. The highest BCUT2D eigenvalue weighted by Crippen LogP contribution is 2.38. The lowest BCUT2D eigenvalue weighted by Gasteiger charge is -2.32. The molecule has 0 aromatic heterocycles. The Labute approximate surface area is 174 Å². The van der Waals surface area contributed by atoms with E-state index in [1.54, 1.807) is 12.1 Å². The van der Waals surface area contributed by atoms with E-state index in [9.17, 15) is 13.2 Å². The summed E-state index contributed by atoms with van der Waals surface area (Å²) >= 11 is 13.2. The smallest absolute Gasteiger partial charge is 0.297 e. The minimum Gasteiger partial charge on any atom is -0.297 e. The van der Waals surface area contributed by atoms with Crippen molar-refractivity contribution in [3.05, 3.63) is 39.0 Å². The van der Waals surface area contributed by atoms with Crippen molar-refractivity contribution < 1.29 is 17.7 Å². The maximum Gasteiger partial charge on any atom is 0.398 e. The second-order valence-corrected chi connectivity index (χ2v) is 9.14. The Kier molecular flexibility index (Phi) is 8.00. The number of thioether (sulfide) groups is 1. The monoisotopic (exact) mass is 440 g/mol. The van der Waals surface area contributed by atoms with Crippen LogP contribution in [0.3, 0.4) is 0 Å². The Morgan fingerprint density at radius 2 is 1.89 bits per heavy atom. The SMILES string of the molecule is CCC[N+]1(C)CCCC1=C(CC)Cc1cc(SCC(F)(F)F)c(Cl)cc1Cl. The van der Waals surface area contributed by atoms with Crippen molar-refractivity contribution in [1.82, 2.24) is 0 Å². The third kappa shape index (κ3) is 6.06. The van der Waals surface area contributed by atoms with E-state index < -0.39 is 11.9 Å². The summed E-state index contributed by atoms with van der Waals surface area (Å²) in [4.78, 5) is 0.436. The lowest BCUT2D eigenvalue weighted by Crippen LogP contribution is -2.40. The zero-order valence-electron chi connectivity index (χ0n) is 16.1. The van der Waals surface area contributed by atoms with Crippen molar-refractivity contribution in [3.8, 4) is 0 Å². The maximum atomic E-state index is 12.6. The molecule has 1 fully saturated rings. The van der Waals surface area contributed by atoms with Gasteiger partial charge in [0.25, 0.3) is 0 Å². The summed E-state index contributed by atoms with van der Waals surface area (Å²) in [5.74, 6) is -0.957. The maximum absolute atomic E-state index is 12.6. The highest BCUT2D eigenvalue weighted by molar-refractivity contribution is 7.99. The number of allylic oxidation sites excluding steroid dienone is 2. The molecule has 0 N–H and O–H groups in total. The number of alkyl halides is 3. The molecular weight excluding hydrogens is 414 g/mol. The van der Waals surface area contributed by atoms with Crippen molar-refractivity contribution in [3.63, 3.8) is 0 Å². The Hall–Kier alpha value is -0.360. The first-order chi connectivity index (χ1) is 12.6. The van der Waals surface area contributed by atoms with Gasteiger partial charge >= 0.3 is 6.18 Å². The molecule has 1 saturated heterocycles. The van der Waals surface area contributed by atoms with Gasteiger partial charge in [-0.1, -0.05) is 37.0 Å². The van der Waals surface area contributed by atoms with Gasteiger partial charge in [0.15, 0.2) is 0 Å². The van der Waals surface area contributed by atoms with E-state index in [4.69, 9.17) is 23.2 Å². The van der Waals surface area contributed by atoms with E-state index in [1.165, 1.54) is 17.7 Å². The van der Waals surface area contributed by atoms with Gasteiger partial charge in [0.1, 0.15) is 5.70 Å². The van der Waals surface area contributed by atoms with E-state index in [0.717, 1.165) is 42.4 Å². The standard InChI is InChI=1S/C20H27Cl2F3NS/c1-4-8-26(3)9-6-7-18(26)14(5-2)10-15-11-19(17(22)12-16(15)21)27-13-20(23,24)25/h11-12H,4-10,13H2,1-3H3/q+1. The Balaban J connectivity index is 2.33. The van der Waals surface area contributed by atoms with Crippen LogP contribution < -0.4 is 0 Å². The molecule has 1 aliphatic rings. The molecule has 152 valence electrons. The fourth-order valence-electron chi connectivity index (χ4n) is 3.94. The van der Waals surface area contributed by atoms with Gasteiger partial charge in [-0.2, -0.15) is 13.2 Å². The molecule has 1 atom stereocenters. The van der Waals surface area contributed by atoms with Gasteiger partial charge in [0.2, 0.25) is 0 Å². The first-order valence-corrected chi connectivity index (χ1v) is 11.1. The van der Waals surface area contributed by atoms with Crippen LogP contribution in [0, 0.1) is 0 Å². The molecule has 1 heterocycles. The molecule has 0 radical (unpaired) electrons. The number of benzene rings is 1. The van der Waals surface area contributed by atoms with Crippen molar-refractivity contribution in [2.24, 2.45) is 0 Å². The number of hydrogen-bond acceptors (Lipinski definition) is 1. The van der Waals surface area contributed by atoms with Gasteiger partial charge in [0, 0.05) is 29.2 Å². The Morgan fingerprint density at radius 1 is 1.19 bits per heavy atom. The third-order valence-corrected chi connectivity index (χ3v) is 7.06. The number of likely N-dealkylation sites (tertiary alicyclic amines) is 1. The average molecular weight is 441 g/mol. The molecule has 1 aliphatic heterocycles. The molecule has 0 saturated carbocycles. The molecule has 0 aliphatic carbocycles. The number of halogens is 5. The van der Waals surface area contributed by atoms with E-state index in [2.05, 4.69) is 20.9 Å². The topological polar surface area (TPSA) is 0 Å². The van der Waals surface area contributed by atoms with Gasteiger partial charge in [0.05, 0.1) is 30.9 Å². The summed E-state index contributed by atoms with van der Waals surface area (Å²) in [7, 11) is 2.29. The second-order valence-electron chi connectivity index (χ2n) is 7.31. The summed E-state index contributed by atoms with van der Waals surface area (Å²) < 4.78 is 38.7. The van der Waals surface area contributed by atoms with Gasteiger partial charge in [-0.25, -0.2) is 0 Å². The molecule has 7 heteroatoms. The molecular formula is C20H27Cl2F3NS+. The molecule has 0 spiro atoms. The molecule has 0 amide bonds. The van der Waals surface area contributed by atoms with Crippen LogP contribution >= 0.6 is 35.0 Å². The number of nitrogens with zero attached hydrogens (tertiary/aromatic N) is 1. The van der Waals surface area contributed by atoms with E-state index >= 15 is 0 Å². The van der Waals surface area contributed by atoms with Crippen molar-refractivity contribution >= 4 is 35.0 Å². The van der Waals surface area contributed by atoms with Crippen LogP contribution in [-0.4, -0.2) is 36.5 Å². The zero-order chi connectivity index (χ0) is 20.2. The van der Waals surface area contributed by atoms with Crippen LogP contribution in [0.5, 0.6) is 0 Å². The van der Waals surface area contributed by atoms with Crippen molar-refractivity contribution in [2.45, 2.75) is 57.0 Å². The highest BCUT2D eigenvalue weighted by atomic mass is 35.5. The van der Waals surface area contributed by atoms with Crippen LogP contribution in [0.25, 0.3) is 0 Å². The summed E-state index contributed by atoms with van der Waals surface area (Å²) in [5, 5.41) is 0.793. The van der Waals surface area contributed by atoms with Crippen LogP contribution in [0.2, 0.25) is 10.0 Å². The molecule has 2 rings (SSSR count). The highest BCUT2D eigenvalue weighted by Gasteiger charge is 2.34. The van der Waals surface area contributed by atoms with Gasteiger partial charge in [-0.3, -0.25) is 4.48 Å². The van der Waals surface area contributed by atoms with Crippen LogP contribution in [0.4, 0.5) is 13.2 Å². The lowest BCUT2D eigenvalue weighted by atomic mass is 9.99. The van der Waals surface area contributed by atoms with E-state index in [1.807, 2.05) is 0 Å². The molecule has 0 bridgehead atoms. The van der Waals surface area contributed by atoms with E-state index in [-0.39, 0.29) is 5.02 Å². The lowest BCUT2D eigenvalue weighted by molar-refractivity contribution is -0.864. The molecule has 1 nitrogen and oxygen atoms in total. The summed E-state index contributed by atoms with van der Waals surface area (Å²) in [6, 6.07) is 3.31. The number of quaternary nitrogens is 1. The first-order valence-electron chi connectivity index (χ1n) is 9.33. The minimum atomic E-state index is -4.23. The first kappa shape index (κ1) is 22.9. The molecule has 1 aromatic carbocycles. The predicted molar refractivity (Wildman–Crippen MR) is 110 cm³/mol. The van der Waals surface area contributed by atoms with Crippen LogP contribution in [0.15, 0.2) is 28.3 Å². The Morgan fingerprint density at radius 3 is 2.48 bits per heavy atom. The number of rotatable bonds is 7. The summed E-state index contributed by atoms with van der Waals surface area (Å²) in [5.41, 5.74) is 3.67. The van der Waals surface area contributed by atoms with Gasteiger partial charge in [-0.05, 0) is 36.1 Å². The van der Waals surface area contributed by atoms with Crippen LogP contribution in [0.1, 0.15) is 45.1 Å². The van der Waals surface area contributed by atoms with Crippen molar-refractivity contribution in [2.75, 3.05) is 25.9 Å². The fraction of sp³-hybridized carbons (Fsp3) is 0.600. The zero-order valence-corrected chi connectivity index (χ0v) is 18.4. The summed E-state index contributed by atoms with van der Waals surface area (Å²) in [6.45, 7) is 6.60. The number of hydrogen-bond donors (Lipinski definition) is 0. The quantitative estimate of drug-likeness (QED) is 0.312. The predicted octanol–water partition coefficient (Wildman–Crippen LogP) is 7.50. The normalized spacial score (nSPS) is 22.4. The molecule has 27 heavy (non-hydrogen) atoms. The van der Waals surface area contributed by atoms with Crippen LogP contribution in [-0.2, 0) is 6.42 Å². The van der Waals surface area contributed by atoms with Gasteiger partial charge < -0.3 is 0 Å². The fourth-order valence-corrected chi connectivity index (χ4v) is 5.29. The third-order valence-electron chi connectivity index (χ3n) is 5.16. The Bertz CT molecular complexity index is 703. The van der Waals surface area contributed by atoms with E-state index in [0.29, 0.717) is 28.1 Å². The van der Waals surface area contributed by atoms with Gasteiger partial charge in [-0.15, -0.1) is 11.8 Å².